The number of benzene rings is 2. The third-order valence-corrected chi connectivity index (χ3v) is 12.8. The fraction of sp³-hybridized carbons (Fsp3) is 0.698. The Morgan fingerprint density at radius 3 is 1.98 bits per heavy atom. The second-order valence-electron chi connectivity index (χ2n) is 18.5. The molecule has 10 heteroatoms. The van der Waals surface area contributed by atoms with Crippen molar-refractivity contribution < 1.29 is 19.0 Å². The van der Waals surface area contributed by atoms with Crippen molar-refractivity contribution in [3.63, 3.8) is 0 Å². The molecule has 2 spiro atoms. The minimum absolute atomic E-state index is 0.0313. The Morgan fingerprint density at radius 1 is 0.811 bits per heavy atom. The first-order valence-electron chi connectivity index (χ1n) is 20.6. The number of piperidine rings is 2. The van der Waals surface area contributed by atoms with Gasteiger partial charge in [0.1, 0.15) is 16.8 Å². The van der Waals surface area contributed by atoms with Crippen molar-refractivity contribution in [1.29, 1.82) is 0 Å². The molecular formula is C43H64N6O4. The number of likely N-dealkylation sites (N-methyl/N-ethyl adjacent to an activating group) is 1. The highest BCUT2D eigenvalue weighted by Gasteiger charge is 2.48. The number of carbonyl (C=O) groups excluding carboxylic acids is 1. The molecule has 6 aliphatic heterocycles. The van der Waals surface area contributed by atoms with Crippen molar-refractivity contribution in [3.8, 4) is 0 Å². The van der Waals surface area contributed by atoms with Crippen molar-refractivity contribution >= 4 is 17.5 Å². The second-order valence-corrected chi connectivity index (χ2v) is 18.5. The van der Waals surface area contributed by atoms with Gasteiger partial charge in [0.25, 0.3) is 0 Å². The minimum atomic E-state index is -0.498. The third kappa shape index (κ3) is 8.37. The summed E-state index contributed by atoms with van der Waals surface area (Å²) < 4.78 is 18.4. The van der Waals surface area contributed by atoms with Gasteiger partial charge in [-0.2, -0.15) is 0 Å². The van der Waals surface area contributed by atoms with Crippen LogP contribution in [-0.4, -0.2) is 130 Å². The van der Waals surface area contributed by atoms with E-state index in [4.69, 9.17) is 14.2 Å². The molecule has 6 aliphatic rings. The van der Waals surface area contributed by atoms with Crippen molar-refractivity contribution in [2.45, 2.75) is 88.7 Å². The van der Waals surface area contributed by atoms with E-state index in [9.17, 15) is 4.79 Å². The number of hydrogen-bond acceptors (Lipinski definition) is 9. The Morgan fingerprint density at radius 2 is 1.42 bits per heavy atom. The SMILES string of the molecule is C[C@H]1CC[C@H](c2ccc(N3CCOC4(CN(CC[C@H]5CC[C@H](c6ccc(N7CCOC8(CN(C)C8)C7)cc6)NC5)C4)C3)cc2)N(C(=O)OC(C)(C)C)C1. The lowest BCUT2D eigenvalue weighted by molar-refractivity contribution is -0.149. The van der Waals surface area contributed by atoms with Gasteiger partial charge in [0.05, 0.1) is 19.3 Å². The lowest BCUT2D eigenvalue weighted by Gasteiger charge is -2.54. The fourth-order valence-corrected chi connectivity index (χ4v) is 10.0. The van der Waals surface area contributed by atoms with Crippen LogP contribution in [0, 0.1) is 11.8 Å². The van der Waals surface area contributed by atoms with Gasteiger partial charge in [0, 0.05) is 76.3 Å². The maximum Gasteiger partial charge on any atom is 0.410 e. The Bertz CT molecular complexity index is 1540. The largest absolute Gasteiger partial charge is 0.444 e. The van der Waals surface area contributed by atoms with Gasteiger partial charge in [0.2, 0.25) is 0 Å². The molecule has 6 saturated heterocycles. The molecular weight excluding hydrogens is 665 g/mol. The normalized spacial score (nSPS) is 29.2. The molecule has 290 valence electrons. The Kier molecular flexibility index (Phi) is 10.5. The number of anilines is 2. The first kappa shape index (κ1) is 37.1. The quantitative estimate of drug-likeness (QED) is 0.373. The van der Waals surface area contributed by atoms with Gasteiger partial charge in [-0.1, -0.05) is 31.2 Å². The summed E-state index contributed by atoms with van der Waals surface area (Å²) in [5.41, 5.74) is 4.66. The molecule has 0 unspecified atom stereocenters. The Balaban J connectivity index is 0.774. The number of carbonyl (C=O) groups is 1. The monoisotopic (exact) mass is 728 g/mol. The van der Waals surface area contributed by atoms with Crippen LogP contribution in [0.15, 0.2) is 48.5 Å². The van der Waals surface area contributed by atoms with Crippen LogP contribution in [0.5, 0.6) is 0 Å². The molecule has 0 saturated carbocycles. The summed E-state index contributed by atoms with van der Waals surface area (Å²) in [4.78, 5) is 25.1. The molecule has 53 heavy (non-hydrogen) atoms. The van der Waals surface area contributed by atoms with Gasteiger partial charge in [-0.05, 0) is 120 Å². The van der Waals surface area contributed by atoms with Crippen LogP contribution in [0.2, 0.25) is 0 Å². The predicted octanol–water partition coefficient (Wildman–Crippen LogP) is 5.94. The molecule has 0 bridgehead atoms. The van der Waals surface area contributed by atoms with Gasteiger partial charge in [-0.25, -0.2) is 4.79 Å². The molecule has 4 atom stereocenters. The first-order valence-corrected chi connectivity index (χ1v) is 20.6. The van der Waals surface area contributed by atoms with Crippen LogP contribution < -0.4 is 15.1 Å². The van der Waals surface area contributed by atoms with E-state index < -0.39 is 5.60 Å². The summed E-state index contributed by atoms with van der Waals surface area (Å²) in [5, 5.41) is 3.89. The van der Waals surface area contributed by atoms with E-state index in [2.05, 4.69) is 87.4 Å². The average Bonchev–Trinajstić information content (AvgIpc) is 3.12. The van der Waals surface area contributed by atoms with E-state index in [1.165, 1.54) is 41.8 Å². The van der Waals surface area contributed by atoms with E-state index in [1.54, 1.807) is 0 Å². The summed E-state index contributed by atoms with van der Waals surface area (Å²) >= 11 is 0. The standard InChI is InChI=1S/C43H64N6O4/c1-32-6-17-39(49(25-32)40(50)53-41(2,3)4)35-10-14-37(15-11-35)48-21-23-52-43(31-48)28-46(29-43)19-18-33-7-16-38(44-24-33)34-8-12-36(13-9-34)47-20-22-51-42(30-47)26-45(5)27-42/h8-15,32-33,38-39,44H,6-7,16-31H2,1-5H3/t32-,33+,38+,39+/m0/s1. The smallest absolute Gasteiger partial charge is 0.410 e. The van der Waals surface area contributed by atoms with Crippen LogP contribution >= 0.6 is 0 Å². The van der Waals surface area contributed by atoms with Crippen molar-refractivity contribution in [2.24, 2.45) is 11.8 Å². The van der Waals surface area contributed by atoms with Crippen LogP contribution in [0.3, 0.4) is 0 Å². The van der Waals surface area contributed by atoms with Crippen LogP contribution in [0.4, 0.5) is 16.2 Å². The highest BCUT2D eigenvalue weighted by molar-refractivity contribution is 5.69. The zero-order valence-corrected chi connectivity index (χ0v) is 33.0. The molecule has 0 aromatic heterocycles. The van der Waals surface area contributed by atoms with E-state index in [0.29, 0.717) is 12.0 Å². The van der Waals surface area contributed by atoms with Gasteiger partial charge < -0.3 is 39.1 Å². The van der Waals surface area contributed by atoms with Crippen LogP contribution in [-0.2, 0) is 14.2 Å². The highest BCUT2D eigenvalue weighted by Crippen LogP contribution is 2.38. The number of morpholine rings is 2. The summed E-state index contributed by atoms with van der Waals surface area (Å²) in [5.74, 6) is 1.21. The van der Waals surface area contributed by atoms with E-state index in [1.807, 2.05) is 25.7 Å². The number of ether oxygens (including phenoxy) is 3. The molecule has 0 radical (unpaired) electrons. The van der Waals surface area contributed by atoms with Gasteiger partial charge in [-0.15, -0.1) is 0 Å². The molecule has 2 aromatic rings. The molecule has 6 fully saturated rings. The Hall–Kier alpha value is -2.89. The summed E-state index contributed by atoms with van der Waals surface area (Å²) in [6.07, 6.45) is 5.62. The zero-order valence-electron chi connectivity index (χ0n) is 33.0. The fourth-order valence-electron chi connectivity index (χ4n) is 10.0. The zero-order chi connectivity index (χ0) is 36.8. The van der Waals surface area contributed by atoms with E-state index in [-0.39, 0.29) is 23.3 Å². The minimum Gasteiger partial charge on any atom is -0.444 e. The Labute approximate surface area is 318 Å². The number of nitrogens with zero attached hydrogens (tertiary/aromatic N) is 5. The molecule has 8 rings (SSSR count). The first-order chi connectivity index (χ1) is 25.4. The molecule has 0 aliphatic carbocycles. The van der Waals surface area contributed by atoms with Crippen molar-refractivity contribution in [2.75, 3.05) is 102 Å². The van der Waals surface area contributed by atoms with Gasteiger partial charge in [0.15, 0.2) is 0 Å². The maximum atomic E-state index is 13.1. The van der Waals surface area contributed by atoms with Crippen molar-refractivity contribution in [1.82, 2.24) is 20.0 Å². The predicted molar refractivity (Wildman–Crippen MR) is 211 cm³/mol. The van der Waals surface area contributed by atoms with E-state index in [0.717, 1.165) is 104 Å². The van der Waals surface area contributed by atoms with Crippen LogP contribution in [0.1, 0.15) is 83.0 Å². The molecule has 2 aromatic carbocycles. The van der Waals surface area contributed by atoms with Crippen molar-refractivity contribution in [3.05, 3.63) is 59.7 Å². The molecule has 1 N–H and O–H groups in total. The lowest BCUT2D eigenvalue weighted by atomic mass is 9.87. The lowest BCUT2D eigenvalue weighted by Crippen LogP contribution is -2.70. The van der Waals surface area contributed by atoms with E-state index >= 15 is 0 Å². The number of rotatable bonds is 7. The number of likely N-dealkylation sites (tertiary alicyclic amines) is 3. The number of nitrogens with one attached hydrogen (secondary N) is 1. The second kappa shape index (κ2) is 15.0. The number of amides is 1. The topological polar surface area (TPSA) is 73.0 Å². The molecule has 10 nitrogen and oxygen atoms in total. The van der Waals surface area contributed by atoms with Crippen LogP contribution in [0.25, 0.3) is 0 Å². The van der Waals surface area contributed by atoms with Gasteiger partial charge in [-0.3, -0.25) is 4.90 Å². The number of hydrogen-bond donors (Lipinski definition) is 1. The molecule has 6 heterocycles. The van der Waals surface area contributed by atoms with Gasteiger partial charge >= 0.3 is 6.09 Å². The molecule has 1 amide bonds. The third-order valence-electron chi connectivity index (χ3n) is 12.8. The highest BCUT2D eigenvalue weighted by atomic mass is 16.6. The average molecular weight is 729 g/mol. The summed E-state index contributed by atoms with van der Waals surface area (Å²) in [6, 6.07) is 18.8. The summed E-state index contributed by atoms with van der Waals surface area (Å²) in [7, 11) is 2.17. The maximum absolute atomic E-state index is 13.1. The summed E-state index contributed by atoms with van der Waals surface area (Å²) in [6.45, 7) is 20.5.